The smallest absolute Gasteiger partial charge is 0.222 e. The van der Waals surface area contributed by atoms with Gasteiger partial charge in [-0.1, -0.05) is 48.9 Å². The number of nitrogens with zero attached hydrogens (tertiary/aromatic N) is 3. The molecule has 0 aliphatic heterocycles. The van der Waals surface area contributed by atoms with Crippen LogP contribution in [0.1, 0.15) is 25.5 Å². The third-order valence-corrected chi connectivity index (χ3v) is 5.35. The maximum atomic E-state index is 12.4. The van der Waals surface area contributed by atoms with Gasteiger partial charge in [-0.25, -0.2) is 9.97 Å². The van der Waals surface area contributed by atoms with Crippen LogP contribution in [-0.4, -0.2) is 29.0 Å². The standard InChI is InChI=1S/C25H25ClN4O2/c1-2-13-30(14-12-23(31)27-17-20-9-6-15-32-20)25-21-11-10-19(26)16-22(21)28-24(29-25)18-7-4-3-5-8-18/h3-11,15-16H,2,12-14,17H2,1H3,(H,27,31). The summed E-state index contributed by atoms with van der Waals surface area (Å²) in [7, 11) is 0. The van der Waals surface area contributed by atoms with Gasteiger partial charge < -0.3 is 14.6 Å². The van der Waals surface area contributed by atoms with Crippen molar-refractivity contribution in [2.45, 2.75) is 26.3 Å². The van der Waals surface area contributed by atoms with Crippen LogP contribution in [0.5, 0.6) is 0 Å². The zero-order valence-corrected chi connectivity index (χ0v) is 18.7. The topological polar surface area (TPSA) is 71.3 Å². The molecule has 0 aliphatic rings. The lowest BCUT2D eigenvalue weighted by atomic mass is 10.1. The quantitative estimate of drug-likeness (QED) is 0.368. The SMILES string of the molecule is CCCN(CCC(=O)NCc1ccco1)c1nc(-c2ccccc2)nc2cc(Cl)ccc12. The highest BCUT2D eigenvalue weighted by Crippen LogP contribution is 2.29. The Labute approximate surface area is 192 Å². The van der Waals surface area contributed by atoms with Crippen LogP contribution in [0.25, 0.3) is 22.3 Å². The summed E-state index contributed by atoms with van der Waals surface area (Å²) >= 11 is 6.26. The fraction of sp³-hybridized carbons (Fsp3) is 0.240. The van der Waals surface area contributed by atoms with E-state index >= 15 is 0 Å². The first-order valence-corrected chi connectivity index (χ1v) is 11.1. The van der Waals surface area contributed by atoms with Crippen LogP contribution in [0.2, 0.25) is 5.02 Å². The third-order valence-electron chi connectivity index (χ3n) is 5.11. The molecule has 6 nitrogen and oxygen atoms in total. The highest BCUT2D eigenvalue weighted by Gasteiger charge is 2.17. The van der Waals surface area contributed by atoms with Crippen LogP contribution >= 0.6 is 11.6 Å². The summed E-state index contributed by atoms with van der Waals surface area (Å²) in [5, 5.41) is 4.45. The van der Waals surface area contributed by atoms with Gasteiger partial charge in [-0.15, -0.1) is 0 Å². The summed E-state index contributed by atoms with van der Waals surface area (Å²) in [5.41, 5.74) is 1.72. The number of amides is 1. The number of carbonyl (C=O) groups excluding carboxylic acids is 1. The van der Waals surface area contributed by atoms with Crippen molar-refractivity contribution in [3.8, 4) is 11.4 Å². The number of carbonyl (C=O) groups is 1. The van der Waals surface area contributed by atoms with Crippen molar-refractivity contribution >= 4 is 34.2 Å². The van der Waals surface area contributed by atoms with E-state index in [1.165, 1.54) is 0 Å². The molecule has 4 aromatic rings. The van der Waals surface area contributed by atoms with E-state index in [0.717, 1.165) is 41.0 Å². The Balaban J connectivity index is 1.61. The second-order valence-electron chi connectivity index (χ2n) is 7.49. The molecule has 0 saturated heterocycles. The van der Waals surface area contributed by atoms with E-state index in [2.05, 4.69) is 17.1 Å². The van der Waals surface area contributed by atoms with E-state index in [9.17, 15) is 4.79 Å². The van der Waals surface area contributed by atoms with Crippen molar-refractivity contribution in [3.05, 3.63) is 77.7 Å². The molecule has 164 valence electrons. The highest BCUT2D eigenvalue weighted by atomic mass is 35.5. The van der Waals surface area contributed by atoms with Gasteiger partial charge in [-0.3, -0.25) is 4.79 Å². The van der Waals surface area contributed by atoms with Crippen LogP contribution < -0.4 is 10.2 Å². The lowest BCUT2D eigenvalue weighted by Gasteiger charge is -2.25. The van der Waals surface area contributed by atoms with Crippen LogP contribution in [0.15, 0.2) is 71.3 Å². The maximum Gasteiger partial charge on any atom is 0.222 e. The van der Waals surface area contributed by atoms with Crippen LogP contribution in [0.4, 0.5) is 5.82 Å². The molecule has 0 atom stereocenters. The number of aromatic nitrogens is 2. The molecule has 0 unspecified atom stereocenters. The Bertz CT molecular complexity index is 1180. The Kier molecular flexibility index (Phi) is 7.02. The van der Waals surface area contributed by atoms with E-state index in [-0.39, 0.29) is 5.91 Å². The summed E-state index contributed by atoms with van der Waals surface area (Å²) in [6.45, 7) is 3.81. The minimum Gasteiger partial charge on any atom is -0.467 e. The molecule has 1 N–H and O–H groups in total. The summed E-state index contributed by atoms with van der Waals surface area (Å²) < 4.78 is 5.28. The van der Waals surface area contributed by atoms with E-state index in [4.69, 9.17) is 26.0 Å². The lowest BCUT2D eigenvalue weighted by molar-refractivity contribution is -0.121. The van der Waals surface area contributed by atoms with Crippen LogP contribution in [0, 0.1) is 0 Å². The van der Waals surface area contributed by atoms with Gasteiger partial charge in [0.2, 0.25) is 5.91 Å². The Morgan fingerprint density at radius 2 is 1.91 bits per heavy atom. The van der Waals surface area contributed by atoms with Gasteiger partial charge in [0.1, 0.15) is 11.6 Å². The molecule has 0 spiro atoms. The van der Waals surface area contributed by atoms with Gasteiger partial charge in [0.05, 0.1) is 18.3 Å². The second kappa shape index (κ2) is 10.3. The Morgan fingerprint density at radius 1 is 1.06 bits per heavy atom. The molecular weight excluding hydrogens is 424 g/mol. The number of hydrogen-bond acceptors (Lipinski definition) is 5. The zero-order chi connectivity index (χ0) is 22.3. The minimum atomic E-state index is -0.0350. The minimum absolute atomic E-state index is 0.0350. The highest BCUT2D eigenvalue weighted by molar-refractivity contribution is 6.31. The molecule has 0 fully saturated rings. The van der Waals surface area contributed by atoms with Gasteiger partial charge in [0.25, 0.3) is 0 Å². The van der Waals surface area contributed by atoms with Crippen molar-refractivity contribution < 1.29 is 9.21 Å². The summed E-state index contributed by atoms with van der Waals surface area (Å²) in [6.07, 6.45) is 2.87. The fourth-order valence-electron chi connectivity index (χ4n) is 3.56. The number of rotatable bonds is 9. The first-order valence-electron chi connectivity index (χ1n) is 10.7. The number of halogens is 1. The van der Waals surface area contributed by atoms with Crippen molar-refractivity contribution in [2.24, 2.45) is 0 Å². The summed E-state index contributed by atoms with van der Waals surface area (Å²) in [6, 6.07) is 19.2. The normalized spacial score (nSPS) is 10.9. The lowest BCUT2D eigenvalue weighted by Crippen LogP contribution is -2.32. The summed E-state index contributed by atoms with van der Waals surface area (Å²) in [5.74, 6) is 2.15. The van der Waals surface area contributed by atoms with E-state index in [0.29, 0.717) is 30.4 Å². The van der Waals surface area contributed by atoms with Crippen molar-refractivity contribution in [1.82, 2.24) is 15.3 Å². The molecule has 0 radical (unpaired) electrons. The molecule has 2 heterocycles. The molecule has 2 aromatic carbocycles. The molecule has 4 rings (SSSR count). The predicted molar refractivity (Wildman–Crippen MR) is 128 cm³/mol. The van der Waals surface area contributed by atoms with Gasteiger partial charge in [0.15, 0.2) is 5.82 Å². The van der Waals surface area contributed by atoms with Crippen LogP contribution in [-0.2, 0) is 11.3 Å². The first kappa shape index (κ1) is 21.8. The Hall–Kier alpha value is -3.38. The van der Waals surface area contributed by atoms with E-state index < -0.39 is 0 Å². The van der Waals surface area contributed by atoms with Gasteiger partial charge in [-0.2, -0.15) is 0 Å². The molecule has 1 amide bonds. The monoisotopic (exact) mass is 448 g/mol. The molecule has 0 bridgehead atoms. The molecule has 7 heteroatoms. The summed E-state index contributed by atoms with van der Waals surface area (Å²) in [4.78, 5) is 24.3. The number of anilines is 1. The fourth-order valence-corrected chi connectivity index (χ4v) is 3.73. The average Bonchev–Trinajstić information content (AvgIpc) is 3.34. The van der Waals surface area contributed by atoms with Crippen molar-refractivity contribution in [2.75, 3.05) is 18.0 Å². The first-order chi connectivity index (χ1) is 15.6. The second-order valence-corrected chi connectivity index (χ2v) is 7.93. The molecule has 2 aromatic heterocycles. The number of furan rings is 1. The molecule has 0 saturated carbocycles. The largest absolute Gasteiger partial charge is 0.467 e. The predicted octanol–water partition coefficient (Wildman–Crippen LogP) is 5.47. The third kappa shape index (κ3) is 5.26. The Morgan fingerprint density at radius 3 is 2.66 bits per heavy atom. The number of fused-ring (bicyclic) bond motifs is 1. The zero-order valence-electron chi connectivity index (χ0n) is 17.9. The van der Waals surface area contributed by atoms with E-state index in [1.54, 1.807) is 12.3 Å². The number of hydrogen-bond donors (Lipinski definition) is 1. The molecular formula is C25H25ClN4O2. The van der Waals surface area contributed by atoms with Crippen LogP contribution in [0.3, 0.4) is 0 Å². The van der Waals surface area contributed by atoms with Gasteiger partial charge in [-0.05, 0) is 36.8 Å². The van der Waals surface area contributed by atoms with E-state index in [1.807, 2.05) is 54.6 Å². The average molecular weight is 449 g/mol. The molecule has 32 heavy (non-hydrogen) atoms. The number of nitrogens with one attached hydrogen (secondary N) is 1. The van der Waals surface area contributed by atoms with Crippen molar-refractivity contribution in [1.29, 1.82) is 0 Å². The molecule has 0 aliphatic carbocycles. The number of benzene rings is 2. The maximum absolute atomic E-state index is 12.4. The van der Waals surface area contributed by atoms with Crippen molar-refractivity contribution in [3.63, 3.8) is 0 Å². The van der Waals surface area contributed by atoms with Gasteiger partial charge in [0, 0.05) is 35.5 Å². The van der Waals surface area contributed by atoms with Gasteiger partial charge >= 0.3 is 0 Å².